The Morgan fingerprint density at radius 1 is 1.09 bits per heavy atom. The maximum atomic E-state index is 13.0. The minimum absolute atomic E-state index is 0.00151. The molecule has 0 N–H and O–H groups in total. The molecule has 0 aliphatic carbocycles. The SMILES string of the molecule is Cc1ncc(Cc2cccc3cnccc23)cc1C(F)(F)F. The highest BCUT2D eigenvalue weighted by atomic mass is 19.4. The van der Waals surface area contributed by atoms with Crippen LogP contribution in [0.5, 0.6) is 0 Å². The van der Waals surface area contributed by atoms with Gasteiger partial charge in [-0.3, -0.25) is 9.97 Å². The van der Waals surface area contributed by atoms with Gasteiger partial charge in [-0.2, -0.15) is 13.2 Å². The second-order valence-corrected chi connectivity index (χ2v) is 5.17. The predicted molar refractivity (Wildman–Crippen MR) is 78.5 cm³/mol. The van der Waals surface area contributed by atoms with Crippen LogP contribution in [0, 0.1) is 6.92 Å². The molecule has 1 aromatic carbocycles. The van der Waals surface area contributed by atoms with Crippen LogP contribution in [0.25, 0.3) is 10.8 Å². The fourth-order valence-electron chi connectivity index (χ4n) is 2.52. The van der Waals surface area contributed by atoms with E-state index in [-0.39, 0.29) is 5.69 Å². The van der Waals surface area contributed by atoms with Crippen LogP contribution in [0.15, 0.2) is 48.9 Å². The van der Waals surface area contributed by atoms with E-state index in [1.54, 1.807) is 12.4 Å². The number of hydrogen-bond acceptors (Lipinski definition) is 2. The molecule has 0 fully saturated rings. The van der Waals surface area contributed by atoms with Crippen molar-refractivity contribution in [2.75, 3.05) is 0 Å². The molecule has 0 aliphatic heterocycles. The summed E-state index contributed by atoms with van der Waals surface area (Å²) in [5, 5.41) is 1.96. The highest BCUT2D eigenvalue weighted by molar-refractivity contribution is 5.85. The largest absolute Gasteiger partial charge is 0.418 e. The summed E-state index contributed by atoms with van der Waals surface area (Å²) in [5.41, 5.74) is 0.825. The quantitative estimate of drug-likeness (QED) is 0.694. The Balaban J connectivity index is 2.03. The zero-order valence-electron chi connectivity index (χ0n) is 11.9. The van der Waals surface area contributed by atoms with Gasteiger partial charge in [-0.1, -0.05) is 18.2 Å². The van der Waals surface area contributed by atoms with Crippen molar-refractivity contribution in [2.45, 2.75) is 19.5 Å². The second-order valence-electron chi connectivity index (χ2n) is 5.17. The van der Waals surface area contributed by atoms with Crippen LogP contribution < -0.4 is 0 Å². The summed E-state index contributed by atoms with van der Waals surface area (Å²) in [4.78, 5) is 7.95. The second kappa shape index (κ2) is 5.40. The lowest BCUT2D eigenvalue weighted by atomic mass is 9.99. The standard InChI is InChI=1S/C17H13F3N2/c1-11-16(17(18,19)20)8-12(9-22-11)7-13-3-2-4-14-10-21-6-5-15(13)14/h2-6,8-10H,7H2,1H3. The summed E-state index contributed by atoms with van der Waals surface area (Å²) in [6.45, 7) is 1.37. The molecule has 2 heterocycles. The van der Waals surface area contributed by atoms with Crippen LogP contribution in [0.2, 0.25) is 0 Å². The van der Waals surface area contributed by atoms with E-state index in [0.29, 0.717) is 12.0 Å². The van der Waals surface area contributed by atoms with E-state index < -0.39 is 11.7 Å². The van der Waals surface area contributed by atoms with Crippen LogP contribution in [-0.2, 0) is 12.6 Å². The first-order chi connectivity index (χ1) is 10.4. The number of aromatic nitrogens is 2. The Labute approximate surface area is 125 Å². The van der Waals surface area contributed by atoms with Gasteiger partial charge in [-0.25, -0.2) is 0 Å². The number of aryl methyl sites for hydroxylation is 1. The third-order valence-electron chi connectivity index (χ3n) is 3.61. The molecule has 0 bridgehead atoms. The van der Waals surface area contributed by atoms with Gasteiger partial charge in [0.25, 0.3) is 0 Å². The molecule has 0 spiro atoms. The zero-order valence-corrected chi connectivity index (χ0v) is 11.9. The zero-order chi connectivity index (χ0) is 15.7. The molecule has 3 rings (SSSR count). The van der Waals surface area contributed by atoms with E-state index in [2.05, 4.69) is 9.97 Å². The van der Waals surface area contributed by atoms with Crippen molar-refractivity contribution >= 4 is 10.8 Å². The molecule has 5 heteroatoms. The van der Waals surface area contributed by atoms with E-state index in [0.717, 1.165) is 16.3 Å². The van der Waals surface area contributed by atoms with Gasteiger partial charge in [0.05, 0.1) is 5.56 Å². The molecule has 0 atom stereocenters. The van der Waals surface area contributed by atoms with Gasteiger partial charge in [0.2, 0.25) is 0 Å². The normalized spacial score (nSPS) is 11.8. The highest BCUT2D eigenvalue weighted by Gasteiger charge is 2.33. The van der Waals surface area contributed by atoms with Crippen LogP contribution in [0.1, 0.15) is 22.4 Å². The number of pyridine rings is 2. The van der Waals surface area contributed by atoms with E-state index in [9.17, 15) is 13.2 Å². The number of rotatable bonds is 2. The molecule has 112 valence electrons. The summed E-state index contributed by atoms with van der Waals surface area (Å²) < 4.78 is 38.9. The van der Waals surface area contributed by atoms with Gasteiger partial charge < -0.3 is 0 Å². The van der Waals surface area contributed by atoms with Crippen LogP contribution >= 0.6 is 0 Å². The van der Waals surface area contributed by atoms with Gasteiger partial charge in [-0.15, -0.1) is 0 Å². The smallest absolute Gasteiger partial charge is 0.264 e. The van der Waals surface area contributed by atoms with Crippen molar-refractivity contribution in [3.05, 3.63) is 71.3 Å². The predicted octanol–water partition coefficient (Wildman–Crippen LogP) is 4.55. The van der Waals surface area contributed by atoms with E-state index in [1.807, 2.05) is 24.3 Å². The lowest BCUT2D eigenvalue weighted by Gasteiger charge is -2.12. The average Bonchev–Trinajstić information content (AvgIpc) is 2.48. The lowest BCUT2D eigenvalue weighted by molar-refractivity contribution is -0.138. The van der Waals surface area contributed by atoms with Crippen LogP contribution in [0.3, 0.4) is 0 Å². The molecule has 0 saturated heterocycles. The summed E-state index contributed by atoms with van der Waals surface area (Å²) in [5.74, 6) is 0. The van der Waals surface area contributed by atoms with Crippen molar-refractivity contribution in [1.82, 2.24) is 9.97 Å². The number of fused-ring (bicyclic) bond motifs is 1. The van der Waals surface area contributed by atoms with Crippen LogP contribution in [0.4, 0.5) is 13.2 Å². The fourth-order valence-corrected chi connectivity index (χ4v) is 2.52. The topological polar surface area (TPSA) is 25.8 Å². The molecule has 0 saturated carbocycles. The Hall–Kier alpha value is -2.43. The van der Waals surface area contributed by atoms with E-state index >= 15 is 0 Å². The summed E-state index contributed by atoms with van der Waals surface area (Å²) in [6.07, 6.45) is 0.950. The molecule has 22 heavy (non-hydrogen) atoms. The number of halogens is 3. The van der Waals surface area contributed by atoms with E-state index in [4.69, 9.17) is 0 Å². The summed E-state index contributed by atoms with van der Waals surface area (Å²) in [6, 6.07) is 8.78. The van der Waals surface area contributed by atoms with Crippen molar-refractivity contribution in [3.8, 4) is 0 Å². The number of nitrogens with zero attached hydrogens (tertiary/aromatic N) is 2. The van der Waals surface area contributed by atoms with E-state index in [1.165, 1.54) is 19.2 Å². The van der Waals surface area contributed by atoms with Gasteiger partial charge >= 0.3 is 6.18 Å². The van der Waals surface area contributed by atoms with Gasteiger partial charge in [0, 0.05) is 29.7 Å². The number of hydrogen-bond donors (Lipinski definition) is 0. The maximum Gasteiger partial charge on any atom is 0.418 e. The molecule has 3 aromatic rings. The Kier molecular flexibility index (Phi) is 3.56. The van der Waals surface area contributed by atoms with Gasteiger partial charge in [0.15, 0.2) is 0 Å². The Morgan fingerprint density at radius 2 is 1.91 bits per heavy atom. The summed E-state index contributed by atoms with van der Waals surface area (Å²) >= 11 is 0. The van der Waals surface area contributed by atoms with Crippen molar-refractivity contribution < 1.29 is 13.2 Å². The van der Waals surface area contributed by atoms with Crippen molar-refractivity contribution in [3.63, 3.8) is 0 Å². The van der Waals surface area contributed by atoms with Crippen molar-refractivity contribution in [2.24, 2.45) is 0 Å². The molecule has 0 unspecified atom stereocenters. The molecule has 2 aromatic heterocycles. The first-order valence-electron chi connectivity index (χ1n) is 6.79. The monoisotopic (exact) mass is 302 g/mol. The molecule has 0 amide bonds. The molecule has 2 nitrogen and oxygen atoms in total. The number of benzene rings is 1. The average molecular weight is 302 g/mol. The fraction of sp³-hybridized carbons (Fsp3) is 0.176. The minimum Gasteiger partial charge on any atom is -0.264 e. The van der Waals surface area contributed by atoms with Gasteiger partial charge in [-0.05, 0) is 42.0 Å². The van der Waals surface area contributed by atoms with Crippen LogP contribution in [-0.4, -0.2) is 9.97 Å². The molecule has 0 aliphatic rings. The first-order valence-corrected chi connectivity index (χ1v) is 6.79. The Bertz CT molecular complexity index is 820. The van der Waals surface area contributed by atoms with Gasteiger partial charge in [0.1, 0.15) is 0 Å². The molecule has 0 radical (unpaired) electrons. The summed E-state index contributed by atoms with van der Waals surface area (Å²) in [7, 11) is 0. The number of alkyl halides is 3. The molecular formula is C17H13F3N2. The minimum atomic E-state index is -4.38. The maximum absolute atomic E-state index is 13.0. The third-order valence-corrected chi connectivity index (χ3v) is 3.61. The highest BCUT2D eigenvalue weighted by Crippen LogP contribution is 2.32. The first kappa shape index (κ1) is 14.5. The molecular weight excluding hydrogens is 289 g/mol. The lowest BCUT2D eigenvalue weighted by Crippen LogP contribution is -2.09. The van der Waals surface area contributed by atoms with Crippen molar-refractivity contribution in [1.29, 1.82) is 0 Å². The Morgan fingerprint density at radius 3 is 2.68 bits per heavy atom. The third kappa shape index (κ3) is 2.79.